The largest absolute Gasteiger partial charge is 0.462 e. The van der Waals surface area contributed by atoms with E-state index in [-0.39, 0.29) is 12.1 Å². The minimum atomic E-state index is -0.0495. The number of carbonyl (C=O) groups is 1. The lowest BCUT2D eigenvalue weighted by molar-refractivity contribution is -0.149. The summed E-state index contributed by atoms with van der Waals surface area (Å²) in [6.07, 6.45) is 20.6. The Morgan fingerprint density at radius 3 is 1.52 bits per heavy atom. The summed E-state index contributed by atoms with van der Waals surface area (Å²) in [5.74, 6) is -0.0495. The normalized spacial score (nSPS) is 12.3. The number of hydrogen-bond acceptors (Lipinski definition) is 2. The van der Waals surface area contributed by atoms with Crippen LogP contribution in [0.2, 0.25) is 0 Å². The molecule has 0 saturated carbocycles. The highest BCUT2D eigenvalue weighted by Gasteiger charge is 2.10. The molecule has 0 amide bonds. The van der Waals surface area contributed by atoms with Crippen LogP contribution in [-0.2, 0) is 9.53 Å². The number of esters is 1. The zero-order chi connectivity index (χ0) is 17.2. The summed E-state index contributed by atoms with van der Waals surface area (Å²) >= 11 is 0. The minimum absolute atomic E-state index is 0.0495. The summed E-state index contributed by atoms with van der Waals surface area (Å²) in [6.45, 7) is 6.25. The molecular formula is C21H42O2. The van der Waals surface area contributed by atoms with Crippen LogP contribution in [0.15, 0.2) is 0 Å². The molecule has 23 heavy (non-hydrogen) atoms. The van der Waals surface area contributed by atoms with Crippen molar-refractivity contribution in [2.75, 3.05) is 0 Å². The monoisotopic (exact) mass is 326 g/mol. The molecule has 0 aliphatic heterocycles. The summed E-state index contributed by atoms with van der Waals surface area (Å²) < 4.78 is 5.42. The van der Waals surface area contributed by atoms with Gasteiger partial charge in [0.1, 0.15) is 6.10 Å². The van der Waals surface area contributed by atoms with E-state index in [1.807, 2.05) is 6.92 Å². The second kappa shape index (κ2) is 17.8. The molecule has 0 aromatic carbocycles. The van der Waals surface area contributed by atoms with Gasteiger partial charge in [0.2, 0.25) is 0 Å². The number of hydrogen-bond donors (Lipinski definition) is 0. The van der Waals surface area contributed by atoms with Crippen molar-refractivity contribution in [3.05, 3.63) is 0 Å². The van der Waals surface area contributed by atoms with Gasteiger partial charge in [0.15, 0.2) is 0 Å². The summed E-state index contributed by atoms with van der Waals surface area (Å²) in [5, 5.41) is 0. The van der Waals surface area contributed by atoms with Crippen molar-refractivity contribution in [1.29, 1.82) is 0 Å². The van der Waals surface area contributed by atoms with Crippen LogP contribution in [0, 0.1) is 0 Å². The van der Waals surface area contributed by atoms with E-state index in [2.05, 4.69) is 13.8 Å². The van der Waals surface area contributed by atoms with Gasteiger partial charge in [-0.25, -0.2) is 0 Å². The highest BCUT2D eigenvalue weighted by atomic mass is 16.5. The van der Waals surface area contributed by atoms with Crippen molar-refractivity contribution in [3.63, 3.8) is 0 Å². The van der Waals surface area contributed by atoms with Crippen molar-refractivity contribution in [1.82, 2.24) is 0 Å². The molecular weight excluding hydrogens is 284 g/mol. The van der Waals surface area contributed by atoms with Crippen LogP contribution in [-0.4, -0.2) is 12.1 Å². The lowest BCUT2D eigenvalue weighted by Crippen LogP contribution is -2.16. The van der Waals surface area contributed by atoms with Crippen LogP contribution >= 0.6 is 0 Å². The van der Waals surface area contributed by atoms with Gasteiger partial charge in [0.05, 0.1) is 0 Å². The van der Waals surface area contributed by atoms with Crippen molar-refractivity contribution in [2.24, 2.45) is 0 Å². The molecule has 0 saturated heterocycles. The molecule has 138 valence electrons. The number of unbranched alkanes of at least 4 members (excludes halogenated alkanes) is 12. The molecule has 1 unspecified atom stereocenters. The molecule has 2 nitrogen and oxygen atoms in total. The first-order valence-corrected chi connectivity index (χ1v) is 10.4. The zero-order valence-corrected chi connectivity index (χ0v) is 16.2. The Bertz CT molecular complexity index is 250. The second-order valence-electron chi connectivity index (χ2n) is 6.90. The predicted octanol–water partition coefficient (Wildman–Crippen LogP) is 7.20. The van der Waals surface area contributed by atoms with Crippen LogP contribution in [0.4, 0.5) is 0 Å². The first-order valence-electron chi connectivity index (χ1n) is 10.4. The Kier molecular flexibility index (Phi) is 17.4. The third-order valence-corrected chi connectivity index (χ3v) is 4.67. The van der Waals surface area contributed by atoms with Gasteiger partial charge in [0, 0.05) is 6.42 Å². The van der Waals surface area contributed by atoms with Gasteiger partial charge in [-0.05, 0) is 19.3 Å². The lowest BCUT2D eigenvalue weighted by Gasteiger charge is -2.15. The Hall–Kier alpha value is -0.530. The van der Waals surface area contributed by atoms with Crippen molar-refractivity contribution in [3.8, 4) is 0 Å². The molecule has 2 heteroatoms. The lowest BCUT2D eigenvalue weighted by atomic mass is 10.0. The van der Waals surface area contributed by atoms with Gasteiger partial charge in [-0.1, -0.05) is 97.8 Å². The molecule has 0 heterocycles. The van der Waals surface area contributed by atoms with Gasteiger partial charge < -0.3 is 4.74 Å². The summed E-state index contributed by atoms with van der Waals surface area (Å²) in [6, 6.07) is 0. The molecule has 0 aromatic heterocycles. The summed E-state index contributed by atoms with van der Waals surface area (Å²) in [7, 11) is 0. The molecule has 0 aromatic rings. The van der Waals surface area contributed by atoms with E-state index in [1.54, 1.807) is 0 Å². The molecule has 0 bridgehead atoms. The van der Waals surface area contributed by atoms with Gasteiger partial charge in [0.25, 0.3) is 0 Å². The average molecular weight is 327 g/mol. The van der Waals surface area contributed by atoms with E-state index in [1.165, 1.54) is 83.5 Å². The highest BCUT2D eigenvalue weighted by Crippen LogP contribution is 2.15. The summed E-state index contributed by atoms with van der Waals surface area (Å²) in [4.78, 5) is 11.3. The fourth-order valence-corrected chi connectivity index (χ4v) is 3.01. The van der Waals surface area contributed by atoms with Crippen molar-refractivity contribution >= 4 is 5.97 Å². The van der Waals surface area contributed by atoms with Crippen LogP contribution < -0.4 is 0 Å². The average Bonchev–Trinajstić information content (AvgIpc) is 2.57. The number of rotatable bonds is 17. The highest BCUT2D eigenvalue weighted by molar-refractivity contribution is 5.69. The molecule has 0 aliphatic rings. The number of carbonyl (C=O) groups excluding carboxylic acids is 1. The fraction of sp³-hybridized carbons (Fsp3) is 0.952. The zero-order valence-electron chi connectivity index (χ0n) is 16.2. The summed E-state index contributed by atoms with van der Waals surface area (Å²) in [5.41, 5.74) is 0. The first-order chi connectivity index (χ1) is 11.2. The van der Waals surface area contributed by atoms with E-state index >= 15 is 0 Å². The van der Waals surface area contributed by atoms with E-state index < -0.39 is 0 Å². The minimum Gasteiger partial charge on any atom is -0.462 e. The Balaban J connectivity index is 3.24. The SMILES string of the molecule is CCCCCCCCCCCCCCCC(CC)OC(=O)CC. The Morgan fingerprint density at radius 1 is 0.696 bits per heavy atom. The smallest absolute Gasteiger partial charge is 0.305 e. The quantitative estimate of drug-likeness (QED) is 0.209. The molecule has 1 atom stereocenters. The van der Waals surface area contributed by atoms with E-state index in [0.29, 0.717) is 6.42 Å². The van der Waals surface area contributed by atoms with Gasteiger partial charge in [-0.3, -0.25) is 4.79 Å². The second-order valence-corrected chi connectivity index (χ2v) is 6.90. The van der Waals surface area contributed by atoms with E-state index in [4.69, 9.17) is 4.74 Å². The molecule has 0 radical (unpaired) electrons. The van der Waals surface area contributed by atoms with Gasteiger partial charge in [-0.2, -0.15) is 0 Å². The van der Waals surface area contributed by atoms with E-state index in [0.717, 1.165) is 12.8 Å². The predicted molar refractivity (Wildman–Crippen MR) is 101 cm³/mol. The standard InChI is InChI=1S/C21H42O2/c1-4-7-8-9-10-11-12-13-14-15-16-17-18-19-20(5-2)23-21(22)6-3/h20H,4-19H2,1-3H3. The maximum absolute atomic E-state index is 11.3. The Labute approximate surface area is 145 Å². The van der Waals surface area contributed by atoms with Crippen LogP contribution in [0.5, 0.6) is 0 Å². The maximum atomic E-state index is 11.3. The third kappa shape index (κ3) is 16.1. The fourth-order valence-electron chi connectivity index (χ4n) is 3.01. The van der Waals surface area contributed by atoms with Crippen LogP contribution in [0.3, 0.4) is 0 Å². The molecule has 0 aliphatic carbocycles. The first kappa shape index (κ1) is 22.5. The number of ether oxygens (including phenoxy) is 1. The van der Waals surface area contributed by atoms with Crippen LogP contribution in [0.1, 0.15) is 124 Å². The Morgan fingerprint density at radius 2 is 1.13 bits per heavy atom. The maximum Gasteiger partial charge on any atom is 0.305 e. The third-order valence-electron chi connectivity index (χ3n) is 4.67. The van der Waals surface area contributed by atoms with Gasteiger partial charge >= 0.3 is 5.97 Å². The van der Waals surface area contributed by atoms with Crippen molar-refractivity contribution in [2.45, 2.75) is 130 Å². The van der Waals surface area contributed by atoms with Crippen LogP contribution in [0.25, 0.3) is 0 Å². The topological polar surface area (TPSA) is 26.3 Å². The molecule has 0 spiro atoms. The van der Waals surface area contributed by atoms with E-state index in [9.17, 15) is 4.79 Å². The van der Waals surface area contributed by atoms with Gasteiger partial charge in [-0.15, -0.1) is 0 Å². The molecule has 0 fully saturated rings. The molecule has 0 N–H and O–H groups in total. The van der Waals surface area contributed by atoms with Crippen molar-refractivity contribution < 1.29 is 9.53 Å². The molecule has 0 rings (SSSR count).